The zero-order valence-corrected chi connectivity index (χ0v) is 15.8. The molecule has 6 nitrogen and oxygen atoms in total. The third-order valence-electron chi connectivity index (χ3n) is 4.52. The van der Waals surface area contributed by atoms with Crippen molar-refractivity contribution in [2.75, 3.05) is 46.3 Å². The summed E-state index contributed by atoms with van der Waals surface area (Å²) in [6.07, 6.45) is 0.112. The number of nitrogens with one attached hydrogen (secondary N) is 1. The first-order valence-corrected chi connectivity index (χ1v) is 8.68. The van der Waals surface area contributed by atoms with Crippen molar-refractivity contribution in [3.05, 3.63) is 23.4 Å². The van der Waals surface area contributed by atoms with Crippen LogP contribution in [0.25, 0.3) is 10.8 Å². The fourth-order valence-electron chi connectivity index (χ4n) is 3.05. The number of likely N-dealkylation sites (N-methyl/N-ethyl adjacent to an activating group) is 1. The van der Waals surface area contributed by atoms with E-state index in [4.69, 9.17) is 25.8 Å². The summed E-state index contributed by atoms with van der Waals surface area (Å²) in [5, 5.41) is 5.60. The van der Waals surface area contributed by atoms with Crippen molar-refractivity contribution in [3.63, 3.8) is 0 Å². The zero-order chi connectivity index (χ0) is 18.0. The number of morpholine rings is 1. The monoisotopic (exact) mass is 365 g/mol. The number of fused-ring (bicyclic) bond motifs is 1. The van der Waals surface area contributed by atoms with E-state index in [1.807, 2.05) is 18.2 Å². The highest BCUT2D eigenvalue weighted by Gasteiger charge is 2.24. The van der Waals surface area contributed by atoms with Crippen LogP contribution in [0.5, 0.6) is 11.5 Å². The molecule has 1 aromatic carbocycles. The number of nitrogens with zero attached hydrogens (tertiary/aromatic N) is 2. The van der Waals surface area contributed by atoms with E-state index in [-0.39, 0.29) is 12.1 Å². The minimum atomic E-state index is 0.112. The summed E-state index contributed by atoms with van der Waals surface area (Å²) in [4.78, 5) is 6.74. The van der Waals surface area contributed by atoms with Gasteiger partial charge in [0.1, 0.15) is 11.0 Å². The topological polar surface area (TPSA) is 55.9 Å². The van der Waals surface area contributed by atoms with Crippen molar-refractivity contribution >= 4 is 28.2 Å². The molecule has 0 bridgehead atoms. The van der Waals surface area contributed by atoms with Crippen LogP contribution in [0.15, 0.2) is 18.2 Å². The Morgan fingerprint density at radius 3 is 2.68 bits per heavy atom. The van der Waals surface area contributed by atoms with Gasteiger partial charge in [0.05, 0.1) is 33.0 Å². The average Bonchev–Trinajstić information content (AvgIpc) is 2.60. The lowest BCUT2D eigenvalue weighted by atomic mass is 10.1. The molecule has 2 aromatic rings. The standard InChI is InChI=1S/C18H24ClN3O3/c1-11(16-10-22(2)5-6-25-16)20-17-8-12-7-14(23-3)15(24-4)9-13(12)18(19)21-17/h7-9,11,16H,5-6,10H2,1-4H3,(H,20,21). The van der Waals surface area contributed by atoms with Crippen molar-refractivity contribution in [1.82, 2.24) is 9.88 Å². The maximum Gasteiger partial charge on any atom is 0.161 e. The molecule has 25 heavy (non-hydrogen) atoms. The van der Waals surface area contributed by atoms with Crippen molar-refractivity contribution in [2.45, 2.75) is 19.1 Å². The third kappa shape index (κ3) is 3.92. The highest BCUT2D eigenvalue weighted by Crippen LogP contribution is 2.35. The van der Waals surface area contributed by atoms with E-state index in [1.54, 1.807) is 14.2 Å². The maximum atomic E-state index is 6.39. The Balaban J connectivity index is 1.87. The van der Waals surface area contributed by atoms with E-state index >= 15 is 0 Å². The Bertz CT molecular complexity index is 756. The second-order valence-electron chi connectivity index (χ2n) is 6.33. The molecule has 136 valence electrons. The van der Waals surface area contributed by atoms with Crippen LogP contribution in [0.2, 0.25) is 5.15 Å². The van der Waals surface area contributed by atoms with Gasteiger partial charge >= 0.3 is 0 Å². The summed E-state index contributed by atoms with van der Waals surface area (Å²) >= 11 is 6.39. The molecule has 1 aliphatic rings. The molecule has 3 rings (SSSR count). The normalized spacial score (nSPS) is 19.6. The van der Waals surface area contributed by atoms with Gasteiger partial charge in [-0.15, -0.1) is 0 Å². The lowest BCUT2D eigenvalue weighted by Crippen LogP contribution is -2.47. The van der Waals surface area contributed by atoms with E-state index in [9.17, 15) is 0 Å². The Hall–Kier alpha value is -1.76. The van der Waals surface area contributed by atoms with Crippen LogP contribution in [0.1, 0.15) is 6.92 Å². The van der Waals surface area contributed by atoms with Gasteiger partial charge in [-0.2, -0.15) is 0 Å². The largest absolute Gasteiger partial charge is 0.493 e. The highest BCUT2D eigenvalue weighted by atomic mass is 35.5. The number of benzene rings is 1. The number of ether oxygens (including phenoxy) is 3. The van der Waals surface area contributed by atoms with E-state index in [0.29, 0.717) is 22.5 Å². The molecular weight excluding hydrogens is 342 g/mol. The van der Waals surface area contributed by atoms with Crippen molar-refractivity contribution in [3.8, 4) is 11.5 Å². The summed E-state index contributed by atoms with van der Waals surface area (Å²) in [5.41, 5.74) is 0. The van der Waals surface area contributed by atoms with Gasteiger partial charge < -0.3 is 24.4 Å². The molecule has 0 aliphatic carbocycles. The van der Waals surface area contributed by atoms with Crippen LogP contribution in [0.4, 0.5) is 5.82 Å². The number of pyridine rings is 1. The van der Waals surface area contributed by atoms with Crippen LogP contribution in [0.3, 0.4) is 0 Å². The van der Waals surface area contributed by atoms with Gasteiger partial charge in [0.25, 0.3) is 0 Å². The van der Waals surface area contributed by atoms with Crippen LogP contribution >= 0.6 is 11.6 Å². The Kier molecular flexibility index (Phi) is 5.51. The molecule has 2 atom stereocenters. The van der Waals surface area contributed by atoms with E-state index in [0.717, 1.165) is 30.5 Å². The summed E-state index contributed by atoms with van der Waals surface area (Å²) in [6, 6.07) is 5.83. The highest BCUT2D eigenvalue weighted by molar-refractivity contribution is 6.34. The summed E-state index contributed by atoms with van der Waals surface area (Å²) < 4.78 is 16.6. The molecule has 1 fully saturated rings. The molecule has 2 heterocycles. The zero-order valence-electron chi connectivity index (χ0n) is 15.0. The number of halogens is 1. The van der Waals surface area contributed by atoms with Crippen LogP contribution < -0.4 is 14.8 Å². The number of methoxy groups -OCH3 is 2. The molecular formula is C18H24ClN3O3. The van der Waals surface area contributed by atoms with Gasteiger partial charge in [-0.05, 0) is 37.6 Å². The molecule has 0 radical (unpaired) electrons. The summed E-state index contributed by atoms with van der Waals surface area (Å²) in [6.45, 7) is 4.69. The quantitative estimate of drug-likeness (QED) is 0.822. The van der Waals surface area contributed by atoms with Crippen molar-refractivity contribution < 1.29 is 14.2 Å². The maximum absolute atomic E-state index is 6.39. The number of aromatic nitrogens is 1. The molecule has 0 spiro atoms. The number of hydrogen-bond donors (Lipinski definition) is 1. The molecule has 1 N–H and O–H groups in total. The first kappa shape index (κ1) is 18.0. The van der Waals surface area contributed by atoms with Gasteiger partial charge in [0.2, 0.25) is 0 Å². The molecule has 7 heteroatoms. The molecule has 2 unspecified atom stereocenters. The number of anilines is 1. The molecule has 1 aromatic heterocycles. The molecule has 0 saturated carbocycles. The van der Waals surface area contributed by atoms with E-state index in [1.165, 1.54) is 0 Å². The fourth-order valence-corrected chi connectivity index (χ4v) is 3.31. The van der Waals surface area contributed by atoms with E-state index < -0.39 is 0 Å². The Morgan fingerprint density at radius 2 is 2.00 bits per heavy atom. The fraction of sp³-hybridized carbons (Fsp3) is 0.500. The Morgan fingerprint density at radius 1 is 1.28 bits per heavy atom. The predicted molar refractivity (Wildman–Crippen MR) is 100 cm³/mol. The molecule has 0 amide bonds. The average molecular weight is 366 g/mol. The SMILES string of the molecule is COc1cc2cc(NC(C)C3CN(C)CCO3)nc(Cl)c2cc1OC. The lowest BCUT2D eigenvalue weighted by Gasteiger charge is -2.34. The van der Waals surface area contributed by atoms with Gasteiger partial charge in [0, 0.05) is 18.5 Å². The van der Waals surface area contributed by atoms with Crippen LogP contribution in [-0.4, -0.2) is 63.0 Å². The minimum Gasteiger partial charge on any atom is -0.493 e. The molecule has 1 saturated heterocycles. The van der Waals surface area contributed by atoms with Gasteiger partial charge in [-0.1, -0.05) is 11.6 Å². The molecule has 1 aliphatic heterocycles. The van der Waals surface area contributed by atoms with Crippen molar-refractivity contribution in [2.24, 2.45) is 0 Å². The first-order valence-electron chi connectivity index (χ1n) is 8.30. The number of rotatable bonds is 5. The first-order chi connectivity index (χ1) is 12.0. The second kappa shape index (κ2) is 7.64. The third-order valence-corrected chi connectivity index (χ3v) is 4.81. The predicted octanol–water partition coefficient (Wildman–Crippen LogP) is 3.04. The second-order valence-corrected chi connectivity index (χ2v) is 6.69. The summed E-state index contributed by atoms with van der Waals surface area (Å²) in [5.74, 6) is 2.01. The Labute approximate surface area is 153 Å². The van der Waals surface area contributed by atoms with Crippen LogP contribution in [-0.2, 0) is 4.74 Å². The van der Waals surface area contributed by atoms with Gasteiger partial charge in [0.15, 0.2) is 11.5 Å². The van der Waals surface area contributed by atoms with Crippen LogP contribution in [0, 0.1) is 0 Å². The van der Waals surface area contributed by atoms with Crippen molar-refractivity contribution in [1.29, 1.82) is 0 Å². The lowest BCUT2D eigenvalue weighted by molar-refractivity contribution is -0.0259. The smallest absolute Gasteiger partial charge is 0.161 e. The summed E-state index contributed by atoms with van der Waals surface area (Å²) in [7, 11) is 5.32. The van der Waals surface area contributed by atoms with Gasteiger partial charge in [-0.3, -0.25) is 0 Å². The van der Waals surface area contributed by atoms with E-state index in [2.05, 4.69) is 29.2 Å². The van der Waals surface area contributed by atoms with Gasteiger partial charge in [-0.25, -0.2) is 4.98 Å². The minimum absolute atomic E-state index is 0.112. The number of hydrogen-bond acceptors (Lipinski definition) is 6.